The van der Waals surface area contributed by atoms with Gasteiger partial charge in [0.25, 0.3) is 11.8 Å². The standard InChI is InChI=1S/C58H50N2O8S2/c61-53(59-50(55(63)64)39-69-57(42-21-7-1-8-22-42,43-23-9-2-10-24-43)44-25-11-3-12-26-44)37-67-48-35-34-41-20-19-33-52(49(41)36-48)68-38-54(62)60-51(56(65)66)40-70-58(45-27-13-4-14-28-45,46-29-15-5-16-30-46)47-31-17-6-18-32-47/h1-36,50-51H,37-40H2,(H,59,61)(H,60,62)(H,63,64)(H,65,66)/t50-,51-/m0/s1. The molecule has 10 nitrogen and oxygen atoms in total. The average molecular weight is 967 g/mol. The lowest BCUT2D eigenvalue weighted by Gasteiger charge is -2.36. The van der Waals surface area contributed by atoms with E-state index in [9.17, 15) is 29.4 Å². The van der Waals surface area contributed by atoms with Crippen molar-refractivity contribution in [2.45, 2.75) is 21.6 Å². The molecule has 2 amide bonds. The summed E-state index contributed by atoms with van der Waals surface area (Å²) in [5, 5.41) is 27.5. The minimum absolute atomic E-state index is 0.0319. The van der Waals surface area contributed by atoms with Crippen molar-refractivity contribution in [3.8, 4) is 11.5 Å². The van der Waals surface area contributed by atoms with Crippen molar-refractivity contribution >= 4 is 58.0 Å². The summed E-state index contributed by atoms with van der Waals surface area (Å²) in [6.45, 7) is -0.946. The van der Waals surface area contributed by atoms with Crippen LogP contribution in [-0.2, 0) is 28.7 Å². The number of hydrogen-bond acceptors (Lipinski definition) is 8. The lowest BCUT2D eigenvalue weighted by molar-refractivity contribution is -0.141. The maximum absolute atomic E-state index is 13.5. The lowest BCUT2D eigenvalue weighted by Crippen LogP contribution is -2.45. The van der Waals surface area contributed by atoms with E-state index in [1.54, 1.807) is 30.3 Å². The molecule has 0 heterocycles. The van der Waals surface area contributed by atoms with Crippen LogP contribution in [0.1, 0.15) is 33.4 Å². The van der Waals surface area contributed by atoms with E-state index in [1.807, 2.05) is 188 Å². The Morgan fingerprint density at radius 2 is 0.771 bits per heavy atom. The predicted molar refractivity (Wildman–Crippen MR) is 277 cm³/mol. The van der Waals surface area contributed by atoms with Gasteiger partial charge in [0.2, 0.25) is 0 Å². The molecule has 12 heteroatoms. The Hall–Kier alpha value is -7.80. The van der Waals surface area contributed by atoms with Gasteiger partial charge in [-0.2, -0.15) is 0 Å². The van der Waals surface area contributed by atoms with Gasteiger partial charge in [-0.1, -0.05) is 200 Å². The smallest absolute Gasteiger partial charge is 0.327 e. The van der Waals surface area contributed by atoms with Crippen molar-refractivity contribution in [3.63, 3.8) is 0 Å². The molecule has 8 aromatic rings. The van der Waals surface area contributed by atoms with Crippen molar-refractivity contribution in [1.82, 2.24) is 10.6 Å². The first-order chi connectivity index (χ1) is 34.2. The monoisotopic (exact) mass is 966 g/mol. The van der Waals surface area contributed by atoms with Crippen LogP contribution in [0.2, 0.25) is 0 Å². The summed E-state index contributed by atoms with van der Waals surface area (Å²) >= 11 is 2.85. The fourth-order valence-corrected chi connectivity index (χ4v) is 11.6. The van der Waals surface area contributed by atoms with Crippen LogP contribution < -0.4 is 20.1 Å². The van der Waals surface area contributed by atoms with E-state index in [2.05, 4.69) is 10.6 Å². The summed E-state index contributed by atoms with van der Waals surface area (Å²) < 4.78 is 10.3. The number of carbonyl (C=O) groups is 4. The third-order valence-electron chi connectivity index (χ3n) is 11.8. The highest BCUT2D eigenvalue weighted by Crippen LogP contribution is 2.50. The molecule has 4 N–H and O–H groups in total. The van der Waals surface area contributed by atoms with E-state index in [1.165, 1.54) is 23.5 Å². The number of carboxylic acid groups (broad SMARTS) is 2. The summed E-state index contributed by atoms with van der Waals surface area (Å²) in [6.07, 6.45) is 0. The molecular formula is C58H50N2O8S2. The number of fused-ring (bicyclic) bond motifs is 1. The number of carboxylic acids is 2. The van der Waals surface area contributed by atoms with Gasteiger partial charge in [0.1, 0.15) is 23.6 Å². The van der Waals surface area contributed by atoms with Crippen molar-refractivity contribution in [1.29, 1.82) is 0 Å². The number of carbonyl (C=O) groups excluding carboxylic acids is 2. The number of thioether (sulfide) groups is 2. The minimum Gasteiger partial charge on any atom is -0.484 e. The molecule has 0 aliphatic rings. The van der Waals surface area contributed by atoms with Gasteiger partial charge < -0.3 is 30.3 Å². The van der Waals surface area contributed by atoms with Crippen LogP contribution >= 0.6 is 23.5 Å². The van der Waals surface area contributed by atoms with Crippen molar-refractivity contribution in [2.24, 2.45) is 0 Å². The molecule has 0 radical (unpaired) electrons. The Kier molecular flexibility index (Phi) is 16.0. The highest BCUT2D eigenvalue weighted by molar-refractivity contribution is 8.01. The fourth-order valence-electron chi connectivity index (χ4n) is 8.51. The number of amides is 2. The van der Waals surface area contributed by atoms with Crippen LogP contribution in [0.25, 0.3) is 10.8 Å². The molecule has 0 aliphatic heterocycles. The molecule has 8 aromatic carbocycles. The van der Waals surface area contributed by atoms with E-state index in [4.69, 9.17) is 9.47 Å². The van der Waals surface area contributed by atoms with Crippen molar-refractivity contribution in [2.75, 3.05) is 24.7 Å². The normalized spacial score (nSPS) is 12.3. The predicted octanol–water partition coefficient (Wildman–Crippen LogP) is 10.2. The molecule has 2 atom stereocenters. The van der Waals surface area contributed by atoms with Gasteiger partial charge in [0.05, 0.1) is 9.49 Å². The highest BCUT2D eigenvalue weighted by atomic mass is 32.2. The zero-order valence-electron chi connectivity index (χ0n) is 37.9. The van der Waals surface area contributed by atoms with Crippen LogP contribution in [0.3, 0.4) is 0 Å². The molecule has 0 bridgehead atoms. The molecule has 0 fully saturated rings. The first-order valence-corrected chi connectivity index (χ1v) is 24.6. The van der Waals surface area contributed by atoms with Crippen LogP contribution in [0.15, 0.2) is 218 Å². The number of benzene rings is 8. The molecular weight excluding hydrogens is 917 g/mol. The van der Waals surface area contributed by atoms with E-state index in [0.717, 1.165) is 38.8 Å². The second-order valence-electron chi connectivity index (χ2n) is 16.3. The Balaban J connectivity index is 0.923. The van der Waals surface area contributed by atoms with Gasteiger partial charge in [0.15, 0.2) is 13.2 Å². The number of ether oxygens (including phenoxy) is 2. The minimum atomic E-state index is -1.26. The SMILES string of the molecule is O=C(COc1ccc2cccc(OCC(=O)N[C@@H](CSC(c3ccccc3)(c3ccccc3)c3ccccc3)C(=O)O)c2c1)N[C@@H](CSC(c1ccccc1)(c1ccccc1)c1ccccc1)C(=O)O. The largest absolute Gasteiger partial charge is 0.484 e. The lowest BCUT2D eigenvalue weighted by atomic mass is 9.84. The van der Waals surface area contributed by atoms with Gasteiger partial charge in [-0.3, -0.25) is 9.59 Å². The third-order valence-corrected chi connectivity index (χ3v) is 15.1. The zero-order valence-corrected chi connectivity index (χ0v) is 39.6. The zero-order chi connectivity index (χ0) is 48.8. The average Bonchev–Trinajstić information content (AvgIpc) is 3.41. The Bertz CT molecular complexity index is 2810. The highest BCUT2D eigenvalue weighted by Gasteiger charge is 2.40. The van der Waals surface area contributed by atoms with Crippen LogP contribution in [-0.4, -0.2) is 70.8 Å². The van der Waals surface area contributed by atoms with Crippen molar-refractivity contribution in [3.05, 3.63) is 252 Å². The maximum atomic E-state index is 13.5. The fraction of sp³-hybridized carbons (Fsp3) is 0.138. The molecule has 0 unspecified atom stereocenters. The molecule has 0 aliphatic carbocycles. The molecule has 0 aromatic heterocycles. The summed E-state index contributed by atoms with van der Waals surface area (Å²) in [7, 11) is 0. The van der Waals surface area contributed by atoms with E-state index in [-0.39, 0.29) is 11.5 Å². The van der Waals surface area contributed by atoms with Crippen LogP contribution in [0.4, 0.5) is 0 Å². The van der Waals surface area contributed by atoms with Gasteiger partial charge in [-0.25, -0.2) is 9.59 Å². The summed E-state index contributed by atoms with van der Waals surface area (Å²) in [5.41, 5.74) is 5.77. The summed E-state index contributed by atoms with van der Waals surface area (Å²) in [6, 6.07) is 67.3. The molecule has 0 saturated carbocycles. The van der Waals surface area contributed by atoms with Gasteiger partial charge in [0, 0.05) is 16.9 Å². The van der Waals surface area contributed by atoms with Crippen molar-refractivity contribution < 1.29 is 38.9 Å². The van der Waals surface area contributed by atoms with Crippen LogP contribution in [0.5, 0.6) is 11.5 Å². The Labute approximate surface area is 415 Å². The molecule has 70 heavy (non-hydrogen) atoms. The Morgan fingerprint density at radius 1 is 0.429 bits per heavy atom. The number of aliphatic carboxylic acids is 2. The van der Waals surface area contributed by atoms with Crippen LogP contribution in [0, 0.1) is 0 Å². The maximum Gasteiger partial charge on any atom is 0.327 e. The number of rotatable bonds is 22. The van der Waals surface area contributed by atoms with E-state index >= 15 is 0 Å². The Morgan fingerprint density at radius 3 is 1.11 bits per heavy atom. The first-order valence-electron chi connectivity index (χ1n) is 22.6. The summed E-state index contributed by atoms with van der Waals surface area (Å²) in [4.78, 5) is 52.3. The third kappa shape index (κ3) is 11.2. The van der Waals surface area contributed by atoms with E-state index < -0.39 is 58.5 Å². The first kappa shape index (κ1) is 48.6. The number of nitrogens with one attached hydrogen (secondary N) is 2. The second kappa shape index (κ2) is 23.0. The van der Waals surface area contributed by atoms with E-state index in [0.29, 0.717) is 16.9 Å². The second-order valence-corrected chi connectivity index (χ2v) is 18.8. The number of hydrogen-bond donors (Lipinski definition) is 4. The molecule has 8 rings (SSSR count). The summed E-state index contributed by atoms with van der Waals surface area (Å²) in [5.74, 6) is -2.92. The van der Waals surface area contributed by atoms with Gasteiger partial charge in [-0.05, 0) is 57.0 Å². The van der Waals surface area contributed by atoms with Gasteiger partial charge in [-0.15, -0.1) is 23.5 Å². The molecule has 0 saturated heterocycles. The topological polar surface area (TPSA) is 151 Å². The molecule has 0 spiro atoms. The quantitative estimate of drug-likeness (QED) is 0.0483. The molecule has 352 valence electrons. The van der Waals surface area contributed by atoms with Gasteiger partial charge >= 0.3 is 11.9 Å².